The van der Waals surface area contributed by atoms with E-state index in [-0.39, 0.29) is 52.7 Å². The van der Waals surface area contributed by atoms with Crippen LogP contribution in [0.1, 0.15) is 26.3 Å². The minimum absolute atomic E-state index is 0.0133. The minimum Gasteiger partial charge on any atom is -0.477 e. The molecule has 1 unspecified atom stereocenters. The third-order valence-electron chi connectivity index (χ3n) is 6.22. The third-order valence-corrected chi connectivity index (χ3v) is 7.73. The predicted molar refractivity (Wildman–Crippen MR) is 107 cm³/mol. The van der Waals surface area contributed by atoms with Gasteiger partial charge in [-0.2, -0.15) is 0 Å². The highest BCUT2D eigenvalue weighted by molar-refractivity contribution is 8.03. The van der Waals surface area contributed by atoms with Gasteiger partial charge in [0.1, 0.15) is 12.0 Å². The zero-order valence-corrected chi connectivity index (χ0v) is 18.0. The number of likely N-dealkylation sites (N-methyl/N-ethyl adjacent to an activating group) is 1. The van der Waals surface area contributed by atoms with E-state index < -0.39 is 5.97 Å². The number of nitrogens with one attached hydrogen (secondary N) is 1. The van der Waals surface area contributed by atoms with Crippen LogP contribution < -0.4 is 5.32 Å². The van der Waals surface area contributed by atoms with Crippen LogP contribution in [0.2, 0.25) is 0 Å². The minimum atomic E-state index is -1.10. The lowest BCUT2D eigenvalue weighted by Crippen LogP contribution is -2.62. The first-order valence-corrected chi connectivity index (χ1v) is 10.7. The summed E-state index contributed by atoms with van der Waals surface area (Å²) in [5, 5.41) is 24.3. The number of aliphatic carboxylic acids is 1. The van der Waals surface area contributed by atoms with Crippen molar-refractivity contribution in [1.29, 1.82) is 0 Å². The maximum absolute atomic E-state index is 12.9. The van der Waals surface area contributed by atoms with Crippen molar-refractivity contribution in [2.24, 2.45) is 11.8 Å². The van der Waals surface area contributed by atoms with E-state index in [1.165, 1.54) is 27.7 Å². The lowest BCUT2D eigenvalue weighted by molar-refractivity contribution is -0.159. The van der Waals surface area contributed by atoms with Crippen LogP contribution in [0, 0.1) is 11.8 Å². The highest BCUT2D eigenvalue weighted by Gasteiger charge is 2.60. The number of carboxylic acid groups (broad SMARTS) is 1. The van der Waals surface area contributed by atoms with Crippen LogP contribution in [0.4, 0.5) is 0 Å². The Hall–Kier alpha value is -2.47. The van der Waals surface area contributed by atoms with Crippen molar-refractivity contribution in [2.45, 2.75) is 43.6 Å². The number of carboxylic acids is 1. The summed E-state index contributed by atoms with van der Waals surface area (Å²) in [6, 6.07) is -0.779. The number of fused-ring (bicyclic) bond motifs is 1. The first kappa shape index (κ1) is 20.8. The van der Waals surface area contributed by atoms with Crippen LogP contribution in [0.25, 0.3) is 0 Å². The number of hydrogen-bond donors (Lipinski definition) is 2. The predicted octanol–water partition coefficient (Wildman–Crippen LogP) is -0.441. The number of thioether (sulfide) groups is 1. The number of carbonyl (C=O) groups is 3. The van der Waals surface area contributed by atoms with E-state index in [1.807, 2.05) is 13.8 Å². The first-order valence-electron chi connectivity index (χ1n) is 9.86. The van der Waals surface area contributed by atoms with Gasteiger partial charge in [-0.15, -0.1) is 16.9 Å². The highest BCUT2D eigenvalue weighted by Crippen LogP contribution is 2.53. The van der Waals surface area contributed by atoms with Gasteiger partial charge >= 0.3 is 5.97 Å². The number of β-lactam (4-membered cyclic amide) rings is 1. The molecular weight excluding hydrogens is 410 g/mol. The van der Waals surface area contributed by atoms with E-state index in [0.717, 1.165) is 0 Å². The van der Waals surface area contributed by atoms with E-state index in [9.17, 15) is 19.5 Å². The SMILES string of the molecule is CC([C@H]1C(=O)N2C(C(=O)O)=C(S[C@@H]3CN[C@H](C(=O)N(C)C)C3)[C@H](C)[C@H]12)n1cnnn1. The summed E-state index contributed by atoms with van der Waals surface area (Å²) in [4.78, 5) is 40.9. The lowest BCUT2D eigenvalue weighted by Gasteiger charge is -2.47. The molecule has 4 rings (SSSR count). The standard InChI is InChI=1S/C18H25N7O4S/c1-8-13-12(9(2)24-7-20-21-22-24)17(27)25(13)14(18(28)29)15(8)30-10-5-11(19-6-10)16(26)23(3)4/h7-13,19H,5-6H2,1-4H3,(H,28,29)/t8-,9?,10+,11+,12-,13-/m1/s1. The maximum atomic E-state index is 12.9. The summed E-state index contributed by atoms with van der Waals surface area (Å²) in [6.45, 7) is 4.44. The molecule has 162 valence electrons. The molecule has 12 heteroatoms. The molecule has 4 heterocycles. The van der Waals surface area contributed by atoms with E-state index in [4.69, 9.17) is 0 Å². The fourth-order valence-electron chi connectivity index (χ4n) is 4.67. The second-order valence-electron chi connectivity index (χ2n) is 8.23. The smallest absolute Gasteiger partial charge is 0.353 e. The van der Waals surface area contributed by atoms with Gasteiger partial charge in [0.05, 0.1) is 24.0 Å². The van der Waals surface area contributed by atoms with Crippen molar-refractivity contribution < 1.29 is 19.5 Å². The largest absolute Gasteiger partial charge is 0.477 e. The Kier molecular flexibility index (Phi) is 5.30. The molecular formula is C18H25N7O4S. The Morgan fingerprint density at radius 3 is 2.73 bits per heavy atom. The molecule has 6 atom stereocenters. The summed E-state index contributed by atoms with van der Waals surface area (Å²) >= 11 is 1.48. The highest BCUT2D eigenvalue weighted by atomic mass is 32.2. The van der Waals surface area contributed by atoms with E-state index >= 15 is 0 Å². The Morgan fingerprint density at radius 1 is 1.40 bits per heavy atom. The number of amides is 2. The van der Waals surface area contributed by atoms with Crippen molar-refractivity contribution in [3.63, 3.8) is 0 Å². The average Bonchev–Trinajstić information content (AvgIpc) is 3.42. The number of aromatic nitrogens is 4. The first-order chi connectivity index (χ1) is 14.2. The topological polar surface area (TPSA) is 134 Å². The lowest BCUT2D eigenvalue weighted by atomic mass is 9.78. The summed E-state index contributed by atoms with van der Waals surface area (Å²) in [5.41, 5.74) is 0.0741. The summed E-state index contributed by atoms with van der Waals surface area (Å²) in [7, 11) is 3.44. The van der Waals surface area contributed by atoms with Crippen molar-refractivity contribution in [2.75, 3.05) is 20.6 Å². The second-order valence-corrected chi connectivity index (χ2v) is 9.57. The van der Waals surface area contributed by atoms with Gasteiger partial charge in [0, 0.05) is 36.7 Å². The maximum Gasteiger partial charge on any atom is 0.353 e. The number of rotatable bonds is 6. The molecule has 2 fully saturated rings. The fourth-order valence-corrected chi connectivity index (χ4v) is 6.15. The molecule has 1 aromatic rings. The van der Waals surface area contributed by atoms with Crippen LogP contribution >= 0.6 is 11.8 Å². The quantitative estimate of drug-likeness (QED) is 0.570. The molecule has 0 aromatic carbocycles. The van der Waals surface area contributed by atoms with Gasteiger partial charge < -0.3 is 20.2 Å². The summed E-state index contributed by atoms with van der Waals surface area (Å²) < 4.78 is 1.54. The fraction of sp³-hybridized carbons (Fsp3) is 0.667. The molecule has 2 N–H and O–H groups in total. The molecule has 0 saturated carbocycles. The Labute approximate surface area is 177 Å². The van der Waals surface area contributed by atoms with Crippen LogP contribution in [0.5, 0.6) is 0 Å². The molecule has 2 amide bonds. The molecule has 3 aliphatic rings. The summed E-state index contributed by atoms with van der Waals surface area (Å²) in [6.07, 6.45) is 2.08. The van der Waals surface area contributed by atoms with E-state index in [1.54, 1.807) is 19.0 Å². The molecule has 1 aromatic heterocycles. The Balaban J connectivity index is 1.53. The molecule has 0 spiro atoms. The van der Waals surface area contributed by atoms with Gasteiger partial charge in [-0.25, -0.2) is 9.48 Å². The van der Waals surface area contributed by atoms with Crippen molar-refractivity contribution in [1.82, 2.24) is 35.3 Å². The zero-order chi connectivity index (χ0) is 21.7. The zero-order valence-electron chi connectivity index (χ0n) is 17.2. The van der Waals surface area contributed by atoms with Crippen LogP contribution in [-0.4, -0.2) is 90.9 Å². The molecule has 0 radical (unpaired) electrons. The Bertz CT molecular complexity index is 902. The van der Waals surface area contributed by atoms with Gasteiger partial charge in [-0.3, -0.25) is 9.59 Å². The molecule has 0 aliphatic carbocycles. The van der Waals surface area contributed by atoms with E-state index in [0.29, 0.717) is 17.9 Å². The second kappa shape index (κ2) is 7.65. The van der Waals surface area contributed by atoms with Gasteiger partial charge in [0.2, 0.25) is 11.8 Å². The molecule has 2 saturated heterocycles. The molecule has 11 nitrogen and oxygen atoms in total. The normalized spacial score (nSPS) is 31.5. The van der Waals surface area contributed by atoms with Gasteiger partial charge in [0.25, 0.3) is 0 Å². The number of tetrazole rings is 1. The van der Waals surface area contributed by atoms with Crippen molar-refractivity contribution in [3.8, 4) is 0 Å². The number of carbonyl (C=O) groups excluding carboxylic acids is 2. The molecule has 0 bridgehead atoms. The van der Waals surface area contributed by atoms with Crippen LogP contribution in [0.15, 0.2) is 16.9 Å². The number of nitrogens with zero attached hydrogens (tertiary/aromatic N) is 6. The van der Waals surface area contributed by atoms with Gasteiger partial charge in [-0.05, 0) is 23.8 Å². The molecule has 30 heavy (non-hydrogen) atoms. The van der Waals surface area contributed by atoms with Crippen molar-refractivity contribution in [3.05, 3.63) is 16.9 Å². The van der Waals surface area contributed by atoms with Crippen LogP contribution in [0.3, 0.4) is 0 Å². The van der Waals surface area contributed by atoms with E-state index in [2.05, 4.69) is 20.8 Å². The third kappa shape index (κ3) is 3.18. The number of hydrogen-bond acceptors (Lipinski definition) is 8. The van der Waals surface area contributed by atoms with Gasteiger partial charge in [-0.1, -0.05) is 6.92 Å². The monoisotopic (exact) mass is 435 g/mol. The van der Waals surface area contributed by atoms with Crippen molar-refractivity contribution >= 4 is 29.5 Å². The van der Waals surface area contributed by atoms with Gasteiger partial charge in [0.15, 0.2) is 0 Å². The Morgan fingerprint density at radius 2 is 2.13 bits per heavy atom. The van der Waals surface area contributed by atoms with Crippen LogP contribution in [-0.2, 0) is 14.4 Å². The molecule has 3 aliphatic heterocycles. The average molecular weight is 436 g/mol. The summed E-state index contributed by atoms with van der Waals surface area (Å²) in [5.74, 6) is -1.81.